The third kappa shape index (κ3) is 56.7. The van der Waals surface area contributed by atoms with E-state index in [-0.39, 0.29) is 31.1 Å². The predicted molar refractivity (Wildman–Crippen MR) is 311 cm³/mol. The van der Waals surface area contributed by atoms with Gasteiger partial charge in [-0.05, 0) is 128 Å². The van der Waals surface area contributed by atoms with Crippen LogP contribution in [0, 0.1) is 0 Å². The fourth-order valence-corrected chi connectivity index (χ4v) is 7.75. The average molecular weight is 998 g/mol. The minimum Gasteiger partial charge on any atom is -0.462 e. The Morgan fingerprint density at radius 3 is 0.917 bits per heavy atom. The van der Waals surface area contributed by atoms with E-state index in [1.807, 2.05) is 0 Å². The van der Waals surface area contributed by atoms with E-state index in [0.717, 1.165) is 167 Å². The van der Waals surface area contributed by atoms with Crippen molar-refractivity contribution in [3.63, 3.8) is 0 Å². The van der Waals surface area contributed by atoms with Crippen molar-refractivity contribution in [2.24, 2.45) is 0 Å². The zero-order valence-electron chi connectivity index (χ0n) is 46.7. The summed E-state index contributed by atoms with van der Waals surface area (Å²) in [7, 11) is 0. The van der Waals surface area contributed by atoms with Gasteiger partial charge in [-0.3, -0.25) is 14.4 Å². The minimum atomic E-state index is -0.800. The van der Waals surface area contributed by atoms with Crippen molar-refractivity contribution in [2.75, 3.05) is 13.2 Å². The van der Waals surface area contributed by atoms with Gasteiger partial charge < -0.3 is 14.2 Å². The van der Waals surface area contributed by atoms with Crippen molar-refractivity contribution < 1.29 is 28.6 Å². The van der Waals surface area contributed by atoms with Crippen LogP contribution < -0.4 is 0 Å². The van der Waals surface area contributed by atoms with E-state index in [0.29, 0.717) is 19.3 Å². The Bertz CT molecular complexity index is 1520. The van der Waals surface area contributed by atoms with Crippen molar-refractivity contribution in [2.45, 2.75) is 264 Å². The van der Waals surface area contributed by atoms with Crippen molar-refractivity contribution >= 4 is 17.9 Å². The molecule has 0 aliphatic carbocycles. The summed E-state index contributed by atoms with van der Waals surface area (Å²) in [6.45, 7) is 6.41. The summed E-state index contributed by atoms with van der Waals surface area (Å²) in [5.74, 6) is -0.940. The Hall–Kier alpha value is -4.19. The number of carbonyl (C=O) groups excluding carboxylic acids is 3. The van der Waals surface area contributed by atoms with E-state index in [1.165, 1.54) is 51.4 Å². The molecule has 72 heavy (non-hydrogen) atoms. The van der Waals surface area contributed by atoms with Gasteiger partial charge in [0, 0.05) is 19.3 Å². The van der Waals surface area contributed by atoms with Crippen LogP contribution in [0.3, 0.4) is 0 Å². The maximum absolute atomic E-state index is 12.8. The van der Waals surface area contributed by atoms with Gasteiger partial charge in [-0.15, -0.1) is 0 Å². The number of hydrogen-bond acceptors (Lipinski definition) is 6. The smallest absolute Gasteiger partial charge is 0.306 e. The second kappa shape index (κ2) is 59.4. The fraction of sp³-hybridized carbons (Fsp3) is 0.652. The molecule has 0 aromatic rings. The first-order valence-corrected chi connectivity index (χ1v) is 29.5. The van der Waals surface area contributed by atoms with Gasteiger partial charge in [0.2, 0.25) is 0 Å². The predicted octanol–water partition coefficient (Wildman–Crippen LogP) is 20.0. The highest BCUT2D eigenvalue weighted by atomic mass is 16.6. The number of allylic oxidation sites excluding steroid dienone is 20. The van der Waals surface area contributed by atoms with Crippen LogP contribution in [0.4, 0.5) is 0 Å². The highest BCUT2D eigenvalue weighted by Gasteiger charge is 2.19. The monoisotopic (exact) mass is 997 g/mol. The third-order valence-electron chi connectivity index (χ3n) is 12.2. The van der Waals surface area contributed by atoms with Crippen molar-refractivity contribution in [3.8, 4) is 0 Å². The van der Waals surface area contributed by atoms with E-state index < -0.39 is 6.10 Å². The Morgan fingerprint density at radius 1 is 0.292 bits per heavy atom. The SMILES string of the molecule is CC/C=C\C/C=C\C/C=C\C/C=C\C/C=C\C/C=C\C/C=C\CCCCCCCC(=O)OCC(COC(=O)CCCCCCC/C=C\C/C=C\CCC)OC(=O)CCCCCCC/C=C\CCCCCCC. The Kier molecular flexibility index (Phi) is 55.9. The average Bonchev–Trinajstić information content (AvgIpc) is 3.38. The number of rotatable bonds is 52. The molecule has 1 unspecified atom stereocenters. The lowest BCUT2D eigenvalue weighted by Gasteiger charge is -2.18. The quantitative estimate of drug-likeness (QED) is 0.0261. The van der Waals surface area contributed by atoms with Gasteiger partial charge in [0.1, 0.15) is 13.2 Å². The van der Waals surface area contributed by atoms with Crippen LogP contribution in [0.1, 0.15) is 258 Å². The first kappa shape index (κ1) is 67.8. The summed E-state index contributed by atoms with van der Waals surface area (Å²) in [5.41, 5.74) is 0. The van der Waals surface area contributed by atoms with Crippen LogP contribution in [-0.2, 0) is 28.6 Å². The number of ether oxygens (including phenoxy) is 3. The first-order valence-electron chi connectivity index (χ1n) is 29.5. The van der Waals surface area contributed by atoms with Gasteiger partial charge in [0.25, 0.3) is 0 Å². The van der Waals surface area contributed by atoms with Gasteiger partial charge in [0.15, 0.2) is 6.10 Å². The fourth-order valence-electron chi connectivity index (χ4n) is 7.75. The minimum absolute atomic E-state index is 0.0973. The normalized spacial score (nSPS) is 13.0. The van der Waals surface area contributed by atoms with Gasteiger partial charge in [0.05, 0.1) is 0 Å². The molecule has 0 heterocycles. The van der Waals surface area contributed by atoms with Gasteiger partial charge in [-0.2, -0.15) is 0 Å². The molecular weight excluding hydrogens is 889 g/mol. The third-order valence-corrected chi connectivity index (χ3v) is 12.2. The summed E-state index contributed by atoms with van der Waals surface area (Å²) in [6.07, 6.45) is 81.9. The number of carbonyl (C=O) groups is 3. The molecule has 0 rings (SSSR count). The van der Waals surface area contributed by atoms with Crippen molar-refractivity contribution in [3.05, 3.63) is 122 Å². The molecule has 6 heteroatoms. The highest BCUT2D eigenvalue weighted by molar-refractivity contribution is 5.71. The lowest BCUT2D eigenvalue weighted by molar-refractivity contribution is -0.167. The first-order chi connectivity index (χ1) is 35.5. The standard InChI is InChI=1S/C66H108O6/c1-4-7-10-13-16-19-22-25-27-28-29-30-31-32-33-34-35-36-37-38-39-42-44-47-50-53-56-59-65(68)71-62-63(61-70-64(67)58-55-52-49-46-43-40-24-21-18-15-12-9-6-3)72-66(69)60-57-54-51-48-45-41-26-23-20-17-14-11-8-5-2/h7,10,12,15-16,19,21,23-27,29-30,32-33,35-36,38-39,63H,4-6,8-9,11,13-14,17-18,20,22,28,31,34,37,40-62H2,1-3H3/b10-7-,15-12-,19-16-,24-21-,26-23-,27-25-,30-29-,33-32-,36-35-,39-38-. The molecule has 0 saturated carbocycles. The summed E-state index contributed by atoms with van der Waals surface area (Å²) in [6, 6.07) is 0. The molecule has 0 spiro atoms. The van der Waals surface area contributed by atoms with Crippen LogP contribution in [0.15, 0.2) is 122 Å². The van der Waals surface area contributed by atoms with Gasteiger partial charge >= 0.3 is 17.9 Å². The van der Waals surface area contributed by atoms with Crippen LogP contribution in [0.25, 0.3) is 0 Å². The molecule has 0 N–H and O–H groups in total. The molecule has 0 aliphatic rings. The van der Waals surface area contributed by atoms with Gasteiger partial charge in [-0.25, -0.2) is 0 Å². The molecule has 0 amide bonds. The highest BCUT2D eigenvalue weighted by Crippen LogP contribution is 2.14. The van der Waals surface area contributed by atoms with Crippen LogP contribution in [0.2, 0.25) is 0 Å². The molecule has 0 radical (unpaired) electrons. The largest absolute Gasteiger partial charge is 0.462 e. The zero-order valence-corrected chi connectivity index (χ0v) is 46.7. The van der Waals surface area contributed by atoms with E-state index in [4.69, 9.17) is 14.2 Å². The summed E-state index contributed by atoms with van der Waals surface area (Å²) in [4.78, 5) is 38.1. The van der Waals surface area contributed by atoms with Crippen LogP contribution in [0.5, 0.6) is 0 Å². The summed E-state index contributed by atoms with van der Waals surface area (Å²) < 4.78 is 16.8. The molecule has 408 valence electrons. The summed E-state index contributed by atoms with van der Waals surface area (Å²) >= 11 is 0. The Morgan fingerprint density at radius 2 is 0.569 bits per heavy atom. The number of hydrogen-bond donors (Lipinski definition) is 0. The topological polar surface area (TPSA) is 78.9 Å². The van der Waals surface area contributed by atoms with E-state index >= 15 is 0 Å². The Labute approximate surface area is 443 Å². The second-order valence-corrected chi connectivity index (χ2v) is 19.2. The molecular formula is C66H108O6. The molecule has 0 fully saturated rings. The lowest BCUT2D eigenvalue weighted by atomic mass is 10.1. The number of unbranched alkanes of at least 4 members (excludes halogenated alkanes) is 21. The molecule has 6 nitrogen and oxygen atoms in total. The van der Waals surface area contributed by atoms with E-state index in [2.05, 4.69) is 142 Å². The molecule has 0 bridgehead atoms. The maximum Gasteiger partial charge on any atom is 0.306 e. The van der Waals surface area contributed by atoms with Crippen LogP contribution in [-0.4, -0.2) is 37.2 Å². The van der Waals surface area contributed by atoms with Crippen LogP contribution >= 0.6 is 0 Å². The van der Waals surface area contributed by atoms with E-state index in [1.54, 1.807) is 0 Å². The summed E-state index contributed by atoms with van der Waals surface area (Å²) in [5, 5.41) is 0. The second-order valence-electron chi connectivity index (χ2n) is 19.2. The molecule has 0 saturated heterocycles. The molecule has 1 atom stereocenters. The molecule has 0 aromatic carbocycles. The van der Waals surface area contributed by atoms with Crippen molar-refractivity contribution in [1.82, 2.24) is 0 Å². The molecule has 0 aliphatic heterocycles. The number of esters is 3. The van der Waals surface area contributed by atoms with E-state index in [9.17, 15) is 14.4 Å². The Balaban J connectivity index is 4.38. The zero-order chi connectivity index (χ0) is 52.2. The van der Waals surface area contributed by atoms with Crippen molar-refractivity contribution in [1.29, 1.82) is 0 Å². The maximum atomic E-state index is 12.8. The molecule has 0 aromatic heterocycles. The lowest BCUT2D eigenvalue weighted by Crippen LogP contribution is -2.30. The van der Waals surface area contributed by atoms with Gasteiger partial charge in [-0.1, -0.05) is 232 Å².